The van der Waals surface area contributed by atoms with Gasteiger partial charge in [0, 0.05) is 12.5 Å². The monoisotopic (exact) mass is 704 g/mol. The van der Waals surface area contributed by atoms with Gasteiger partial charge in [-0.2, -0.15) is 9.97 Å². The minimum Gasteiger partial charge on any atom is -0.387 e. The molecule has 0 spiro atoms. The van der Waals surface area contributed by atoms with Crippen LogP contribution in [0.1, 0.15) is 18.9 Å². The summed E-state index contributed by atoms with van der Waals surface area (Å²) < 4.78 is 53.3. The molecule has 7 rings (SSSR count). The summed E-state index contributed by atoms with van der Waals surface area (Å²) in [5.41, 5.74) is 10.4. The second kappa shape index (κ2) is 11.2. The third kappa shape index (κ3) is 5.71. The fourth-order valence-corrected chi connectivity index (χ4v) is 9.05. The molecule has 0 saturated carbocycles. The van der Waals surface area contributed by atoms with Crippen molar-refractivity contribution in [3.63, 3.8) is 0 Å². The van der Waals surface area contributed by atoms with Gasteiger partial charge in [-0.1, -0.05) is 24.5 Å². The first-order valence-electron chi connectivity index (χ1n) is 13.2. The summed E-state index contributed by atoms with van der Waals surface area (Å²) >= 11 is 8.45. The zero-order valence-corrected chi connectivity index (χ0v) is 26.2. The van der Waals surface area contributed by atoms with Gasteiger partial charge in [0.1, 0.15) is 18.4 Å². The molecule has 25 heteroatoms. The molecule has 3 aliphatic heterocycles. The van der Waals surface area contributed by atoms with E-state index in [2.05, 4.69) is 64.6 Å². The second-order valence-electron chi connectivity index (χ2n) is 10.5. The number of rotatable bonds is 2. The van der Waals surface area contributed by atoms with Crippen LogP contribution in [-0.2, 0) is 27.7 Å². The number of thiol groups is 2. The number of nitrogens with two attached hydrogens (primary N) is 2. The van der Waals surface area contributed by atoms with Gasteiger partial charge in [0.15, 0.2) is 28.6 Å². The molecule has 9 atom stereocenters. The lowest BCUT2D eigenvalue weighted by atomic mass is 10.1. The number of aliphatic hydroxyl groups is 1. The summed E-state index contributed by atoms with van der Waals surface area (Å²) in [5, 5.41) is 16.9. The van der Waals surface area contributed by atoms with Crippen molar-refractivity contribution in [2.75, 3.05) is 24.7 Å². The normalized spacial score (nSPS) is 36.0. The van der Waals surface area contributed by atoms with Gasteiger partial charge in [-0.05, 0) is 0 Å². The Kier molecular flexibility index (Phi) is 7.64. The Morgan fingerprint density at radius 2 is 1.42 bits per heavy atom. The topological polar surface area (TPSA) is 295 Å². The highest BCUT2D eigenvalue weighted by molar-refractivity contribution is 8.45. The Balaban J connectivity index is 1.16. The van der Waals surface area contributed by atoms with Crippen LogP contribution in [0.15, 0.2) is 22.2 Å². The smallest absolute Gasteiger partial charge is 0.324 e. The first kappa shape index (κ1) is 30.8. The van der Waals surface area contributed by atoms with Gasteiger partial charge < -0.3 is 35.1 Å². The minimum absolute atomic E-state index is 0.0260. The van der Waals surface area contributed by atoms with Crippen LogP contribution in [-0.4, -0.2) is 87.8 Å². The average Bonchev–Trinajstić information content (AvgIpc) is 3.71. The van der Waals surface area contributed by atoms with Crippen LogP contribution in [0, 0.1) is 0 Å². The highest BCUT2D eigenvalue weighted by atomic mass is 32.7. The van der Waals surface area contributed by atoms with Crippen molar-refractivity contribution in [2.24, 2.45) is 0 Å². The third-order valence-electron chi connectivity index (χ3n) is 7.57. The lowest BCUT2D eigenvalue weighted by Gasteiger charge is -2.29. The van der Waals surface area contributed by atoms with E-state index < -0.39 is 74.0 Å². The van der Waals surface area contributed by atoms with Crippen LogP contribution in [0.3, 0.4) is 0 Å². The zero-order valence-electron chi connectivity index (χ0n) is 22.7. The van der Waals surface area contributed by atoms with E-state index in [1.54, 1.807) is 0 Å². The Hall–Kier alpha value is -2.82. The summed E-state index contributed by atoms with van der Waals surface area (Å²) in [7, 11) is 0. The van der Waals surface area contributed by atoms with E-state index in [1.807, 2.05) is 0 Å². The number of hydrogen-bond donors (Lipinski definition) is 9. The van der Waals surface area contributed by atoms with Gasteiger partial charge in [-0.15, -0.1) is 0 Å². The predicted molar refractivity (Wildman–Crippen MR) is 163 cm³/mol. The molecular weight excluding hydrogens is 678 g/mol. The minimum atomic E-state index is -3.98. The van der Waals surface area contributed by atoms with Crippen LogP contribution in [0.4, 0.5) is 11.9 Å². The van der Waals surface area contributed by atoms with Crippen molar-refractivity contribution in [3.05, 3.63) is 33.4 Å². The van der Waals surface area contributed by atoms with Crippen LogP contribution in [0.2, 0.25) is 0 Å². The van der Waals surface area contributed by atoms with Gasteiger partial charge in [-0.25, -0.2) is 20.1 Å². The number of nitrogens with zero attached hydrogens (tertiary/aromatic N) is 6. The van der Waals surface area contributed by atoms with Crippen molar-refractivity contribution in [2.45, 2.75) is 49.3 Å². The van der Waals surface area contributed by atoms with E-state index in [-0.39, 0.29) is 47.3 Å². The van der Waals surface area contributed by atoms with E-state index in [4.69, 9.17) is 30.0 Å². The number of aromatic amines is 2. The molecule has 0 amide bonds. The number of H-pyrrole nitrogens is 2. The van der Waals surface area contributed by atoms with Crippen molar-refractivity contribution in [3.8, 4) is 0 Å². The number of hydrogen-bond acceptors (Lipinski definition) is 15. The number of nitrogen functional groups attached to an aromatic ring is 2. The molecule has 21 nitrogen and oxygen atoms in total. The fraction of sp³-hybridized carbons (Fsp3) is 0.500. The van der Waals surface area contributed by atoms with E-state index in [9.17, 15) is 23.8 Å². The highest BCUT2D eigenvalue weighted by Gasteiger charge is 2.50. The summed E-state index contributed by atoms with van der Waals surface area (Å²) in [6.45, 7) is -8.60. The first-order valence-corrected chi connectivity index (χ1v) is 18.8. The quantitative estimate of drug-likeness (QED) is 0.0893. The van der Waals surface area contributed by atoms with E-state index in [0.717, 1.165) is 0 Å². The molecule has 3 aliphatic rings. The average molecular weight is 705 g/mol. The van der Waals surface area contributed by atoms with Crippen LogP contribution >= 0.6 is 37.9 Å². The van der Waals surface area contributed by atoms with Crippen LogP contribution in [0.5, 0.6) is 0 Å². The molecule has 3 fully saturated rings. The SMILES string of the molecule is Nc1nc2c(ncn2[C@@H]2O[C@@H]3COP(=O)(S)N[C@H]4C[C@H](n5cnc6c(=O)[nH]c(N)nc65)O[C@@H]4COP(=O)(S)N[C@H]3[C@H]2O)c(=O)[nH]1. The van der Waals surface area contributed by atoms with Gasteiger partial charge >= 0.3 is 13.4 Å². The number of ether oxygens (including phenoxy) is 2. The summed E-state index contributed by atoms with van der Waals surface area (Å²) in [6.07, 6.45) is -2.68. The Labute approximate surface area is 261 Å². The molecule has 3 saturated heterocycles. The number of aromatic nitrogens is 8. The number of imidazole rings is 2. The van der Waals surface area contributed by atoms with Gasteiger partial charge in [-0.3, -0.25) is 37.8 Å². The van der Waals surface area contributed by atoms with Gasteiger partial charge in [0.2, 0.25) is 11.9 Å². The Morgan fingerprint density at radius 3 is 2.07 bits per heavy atom. The maximum Gasteiger partial charge on any atom is 0.324 e. The van der Waals surface area contributed by atoms with Crippen LogP contribution in [0.25, 0.3) is 22.3 Å². The Bertz CT molecular complexity index is 2020. The van der Waals surface area contributed by atoms with E-state index in [1.165, 1.54) is 21.8 Å². The largest absolute Gasteiger partial charge is 0.387 e. The van der Waals surface area contributed by atoms with Crippen molar-refractivity contribution in [1.82, 2.24) is 49.2 Å². The van der Waals surface area contributed by atoms with Crippen molar-refractivity contribution in [1.29, 1.82) is 0 Å². The van der Waals surface area contributed by atoms with Crippen molar-refractivity contribution < 1.29 is 32.8 Å². The maximum atomic E-state index is 13.5. The summed E-state index contributed by atoms with van der Waals surface area (Å²) in [5.74, 6) is -0.307. The molecule has 7 heterocycles. The molecule has 242 valence electrons. The molecule has 4 aromatic rings. The molecule has 4 aromatic heterocycles. The fourth-order valence-electron chi connectivity index (χ4n) is 5.57. The molecule has 0 aliphatic carbocycles. The molecule has 0 radical (unpaired) electrons. The number of anilines is 2. The molecule has 2 unspecified atom stereocenters. The van der Waals surface area contributed by atoms with Gasteiger partial charge in [0.25, 0.3) is 11.1 Å². The second-order valence-corrected chi connectivity index (χ2v) is 16.8. The van der Waals surface area contributed by atoms with E-state index >= 15 is 0 Å². The molecule has 45 heavy (non-hydrogen) atoms. The maximum absolute atomic E-state index is 13.5. The Morgan fingerprint density at radius 1 is 0.867 bits per heavy atom. The summed E-state index contributed by atoms with van der Waals surface area (Å²) in [4.78, 5) is 45.6. The molecule has 0 aromatic carbocycles. The summed E-state index contributed by atoms with van der Waals surface area (Å²) in [6, 6.07) is -1.88. The third-order valence-corrected chi connectivity index (χ3v) is 11.2. The molecule has 9 N–H and O–H groups in total. The standard InChI is InChI=1S/C20H26N12O9P2S2/c21-19-25-14-11(16(34)27-19)23-4-31(14)9-1-6-7(40-9)2-38-43(37,45)30-10-8(3-39-42(36,44)29-6)41-18(13(10)33)32-5-24-12-15(32)26-20(22)28-17(12)35/h4-10,13,18,33H,1-3H2,(H2,29,36,44)(H2,30,37,45)(H3,21,25,27,34)(H3,22,26,28,35)/t6-,7+,8+,9+,10+,13+,18+,42?,43?/m0/s1. The molecule has 0 bridgehead atoms. The first-order chi connectivity index (χ1) is 21.3. The number of fused-ring (bicyclic) bond motifs is 4. The number of aliphatic hydroxyl groups excluding tert-OH is 1. The number of nitrogens with one attached hydrogen (secondary N) is 4. The van der Waals surface area contributed by atoms with Crippen LogP contribution < -0.4 is 32.8 Å². The van der Waals surface area contributed by atoms with Gasteiger partial charge in [0.05, 0.1) is 38.0 Å². The van der Waals surface area contributed by atoms with E-state index in [0.29, 0.717) is 0 Å². The lowest BCUT2D eigenvalue weighted by Crippen LogP contribution is -2.45. The highest BCUT2D eigenvalue weighted by Crippen LogP contribution is 2.54. The van der Waals surface area contributed by atoms with Crippen molar-refractivity contribution >= 4 is 72.2 Å². The predicted octanol–water partition coefficient (Wildman–Crippen LogP) is -0.998. The molecular formula is C20H26N12O9P2S2. The lowest BCUT2D eigenvalue weighted by molar-refractivity contribution is -0.0457. The zero-order chi connectivity index (χ0) is 31.8.